The molecule has 4 nitrogen and oxygen atoms in total. The number of hydrogen-bond acceptors (Lipinski definition) is 4. The molecule has 1 aliphatic heterocycles. The summed E-state index contributed by atoms with van der Waals surface area (Å²) in [6, 6.07) is 14.9. The van der Waals surface area contributed by atoms with Gasteiger partial charge in [-0.1, -0.05) is 36.4 Å². The molecule has 0 amide bonds. The molecule has 2 aromatic carbocycles. The number of para-hydroxylation sites is 1. The first-order valence-electron chi connectivity index (χ1n) is 9.72. The molecule has 2 aliphatic rings. The van der Waals surface area contributed by atoms with Gasteiger partial charge in [-0.25, -0.2) is 0 Å². The second kappa shape index (κ2) is 8.05. The lowest BCUT2D eigenvalue weighted by atomic mass is 9.77. The molecule has 0 saturated heterocycles. The van der Waals surface area contributed by atoms with Crippen molar-refractivity contribution >= 4 is 5.69 Å². The molecule has 0 bridgehead atoms. The van der Waals surface area contributed by atoms with E-state index in [9.17, 15) is 0 Å². The van der Waals surface area contributed by atoms with Gasteiger partial charge in [0.25, 0.3) is 0 Å². The van der Waals surface area contributed by atoms with Crippen LogP contribution in [0.15, 0.2) is 54.6 Å². The summed E-state index contributed by atoms with van der Waals surface area (Å²) in [5, 5.41) is 3.78. The number of fused-ring (bicyclic) bond motifs is 3. The first kappa shape index (κ1) is 17.9. The SMILES string of the molecule is CCOCCOc1cccc2c1NC(c1cccc(OC)c1)C1CC=CC21. The highest BCUT2D eigenvalue weighted by molar-refractivity contribution is 5.67. The van der Waals surface area contributed by atoms with E-state index in [0.29, 0.717) is 31.7 Å². The van der Waals surface area contributed by atoms with Gasteiger partial charge in [-0.2, -0.15) is 0 Å². The van der Waals surface area contributed by atoms with Gasteiger partial charge in [0.2, 0.25) is 0 Å². The third-order valence-electron chi connectivity index (χ3n) is 5.50. The minimum atomic E-state index is 0.226. The average Bonchev–Trinajstić information content (AvgIpc) is 3.21. The summed E-state index contributed by atoms with van der Waals surface area (Å²) in [6.45, 7) is 3.86. The molecule has 27 heavy (non-hydrogen) atoms. The predicted molar refractivity (Wildman–Crippen MR) is 108 cm³/mol. The molecule has 4 rings (SSSR count). The summed E-state index contributed by atoms with van der Waals surface area (Å²) < 4.78 is 16.9. The van der Waals surface area contributed by atoms with Crippen LogP contribution in [-0.4, -0.2) is 26.9 Å². The number of allylic oxidation sites excluding steroid dienone is 2. The highest BCUT2D eigenvalue weighted by Gasteiger charge is 2.39. The van der Waals surface area contributed by atoms with Crippen molar-refractivity contribution in [2.75, 3.05) is 32.2 Å². The molecule has 0 spiro atoms. The average molecular weight is 365 g/mol. The quantitative estimate of drug-likeness (QED) is 0.557. The van der Waals surface area contributed by atoms with Crippen LogP contribution in [0.3, 0.4) is 0 Å². The Balaban J connectivity index is 1.65. The minimum absolute atomic E-state index is 0.226. The molecule has 0 aromatic heterocycles. The van der Waals surface area contributed by atoms with Crippen LogP contribution in [0, 0.1) is 5.92 Å². The fourth-order valence-corrected chi connectivity index (χ4v) is 4.23. The summed E-state index contributed by atoms with van der Waals surface area (Å²) in [7, 11) is 1.72. The van der Waals surface area contributed by atoms with Crippen molar-refractivity contribution in [3.8, 4) is 11.5 Å². The van der Waals surface area contributed by atoms with Crippen molar-refractivity contribution in [1.29, 1.82) is 0 Å². The first-order valence-corrected chi connectivity index (χ1v) is 9.72. The maximum Gasteiger partial charge on any atom is 0.142 e. The van der Waals surface area contributed by atoms with Crippen molar-refractivity contribution in [3.05, 3.63) is 65.7 Å². The first-order chi connectivity index (χ1) is 13.3. The summed E-state index contributed by atoms with van der Waals surface area (Å²) in [6.07, 6.45) is 5.73. The van der Waals surface area contributed by atoms with Crippen LogP contribution in [0.1, 0.15) is 36.4 Å². The third-order valence-corrected chi connectivity index (χ3v) is 5.50. The van der Waals surface area contributed by atoms with Gasteiger partial charge in [0.1, 0.15) is 18.1 Å². The third kappa shape index (κ3) is 3.54. The van der Waals surface area contributed by atoms with E-state index in [1.807, 2.05) is 19.1 Å². The Hall–Kier alpha value is -2.46. The topological polar surface area (TPSA) is 39.7 Å². The Labute approximate surface area is 161 Å². The van der Waals surface area contributed by atoms with E-state index >= 15 is 0 Å². The molecule has 0 radical (unpaired) electrons. The van der Waals surface area contributed by atoms with Crippen molar-refractivity contribution < 1.29 is 14.2 Å². The molecule has 142 valence electrons. The van der Waals surface area contributed by atoms with Crippen LogP contribution in [0.4, 0.5) is 5.69 Å². The lowest BCUT2D eigenvalue weighted by Crippen LogP contribution is -2.29. The molecule has 1 N–H and O–H groups in total. The summed E-state index contributed by atoms with van der Waals surface area (Å²) in [5.74, 6) is 2.71. The number of ether oxygens (including phenoxy) is 3. The molecular weight excluding hydrogens is 338 g/mol. The smallest absolute Gasteiger partial charge is 0.142 e. The van der Waals surface area contributed by atoms with Gasteiger partial charge in [0, 0.05) is 12.5 Å². The second-order valence-electron chi connectivity index (χ2n) is 7.02. The highest BCUT2D eigenvalue weighted by atomic mass is 16.5. The van der Waals surface area contributed by atoms with Crippen LogP contribution in [0.25, 0.3) is 0 Å². The van der Waals surface area contributed by atoms with Gasteiger partial charge in [0.05, 0.1) is 25.4 Å². The normalized spacial score (nSPS) is 22.7. The molecule has 1 heterocycles. The van der Waals surface area contributed by atoms with Crippen LogP contribution >= 0.6 is 0 Å². The van der Waals surface area contributed by atoms with Crippen LogP contribution in [-0.2, 0) is 4.74 Å². The van der Waals surface area contributed by atoms with E-state index in [4.69, 9.17) is 14.2 Å². The molecule has 3 atom stereocenters. The van der Waals surface area contributed by atoms with Gasteiger partial charge in [0.15, 0.2) is 0 Å². The maximum absolute atomic E-state index is 6.05. The number of methoxy groups -OCH3 is 1. The Morgan fingerprint density at radius 1 is 1.11 bits per heavy atom. The molecule has 4 heteroatoms. The van der Waals surface area contributed by atoms with Crippen LogP contribution < -0.4 is 14.8 Å². The number of anilines is 1. The lowest BCUT2D eigenvalue weighted by molar-refractivity contribution is 0.110. The lowest BCUT2D eigenvalue weighted by Gasteiger charge is -2.38. The zero-order chi connectivity index (χ0) is 18.6. The standard InChI is InChI=1S/C23H27NO3/c1-3-26-13-14-27-21-12-6-11-20-18-9-5-10-19(18)22(24-23(20)21)16-7-4-8-17(15-16)25-2/h4-9,11-12,15,18-19,22,24H,3,10,13-14H2,1-2H3. The van der Waals surface area contributed by atoms with E-state index in [2.05, 4.69) is 47.8 Å². The summed E-state index contributed by atoms with van der Waals surface area (Å²) in [5.41, 5.74) is 3.68. The van der Waals surface area contributed by atoms with Gasteiger partial charge in [-0.15, -0.1) is 0 Å². The Morgan fingerprint density at radius 3 is 2.85 bits per heavy atom. The Morgan fingerprint density at radius 2 is 2.00 bits per heavy atom. The number of rotatable bonds is 7. The van der Waals surface area contributed by atoms with Crippen LogP contribution in [0.5, 0.6) is 11.5 Å². The van der Waals surface area contributed by atoms with Gasteiger partial charge in [-0.05, 0) is 48.6 Å². The molecule has 0 fully saturated rings. The van der Waals surface area contributed by atoms with E-state index in [-0.39, 0.29) is 6.04 Å². The largest absolute Gasteiger partial charge is 0.497 e. The van der Waals surface area contributed by atoms with Crippen molar-refractivity contribution in [1.82, 2.24) is 0 Å². The predicted octanol–water partition coefficient (Wildman–Crippen LogP) is 4.94. The molecule has 2 aromatic rings. The zero-order valence-electron chi connectivity index (χ0n) is 16.0. The second-order valence-corrected chi connectivity index (χ2v) is 7.02. The van der Waals surface area contributed by atoms with E-state index in [1.165, 1.54) is 11.1 Å². The highest BCUT2D eigenvalue weighted by Crippen LogP contribution is 2.52. The Kier molecular flexibility index (Phi) is 5.35. The van der Waals surface area contributed by atoms with Gasteiger partial charge >= 0.3 is 0 Å². The van der Waals surface area contributed by atoms with Gasteiger partial charge in [-0.3, -0.25) is 0 Å². The number of nitrogens with one attached hydrogen (secondary N) is 1. The monoisotopic (exact) mass is 365 g/mol. The molecular formula is C23H27NO3. The van der Waals surface area contributed by atoms with Crippen molar-refractivity contribution in [3.63, 3.8) is 0 Å². The van der Waals surface area contributed by atoms with Gasteiger partial charge < -0.3 is 19.5 Å². The fourth-order valence-electron chi connectivity index (χ4n) is 4.23. The Bertz CT molecular complexity index is 817. The van der Waals surface area contributed by atoms with Crippen LogP contribution in [0.2, 0.25) is 0 Å². The van der Waals surface area contributed by atoms with E-state index < -0.39 is 0 Å². The van der Waals surface area contributed by atoms with E-state index in [0.717, 1.165) is 23.6 Å². The van der Waals surface area contributed by atoms with Crippen molar-refractivity contribution in [2.24, 2.45) is 5.92 Å². The maximum atomic E-state index is 6.05. The van der Waals surface area contributed by atoms with E-state index in [1.54, 1.807) is 7.11 Å². The summed E-state index contributed by atoms with van der Waals surface area (Å²) in [4.78, 5) is 0. The molecule has 3 unspecified atom stereocenters. The minimum Gasteiger partial charge on any atom is -0.497 e. The fraction of sp³-hybridized carbons (Fsp3) is 0.391. The molecule has 1 aliphatic carbocycles. The number of benzene rings is 2. The van der Waals surface area contributed by atoms with Crippen molar-refractivity contribution in [2.45, 2.75) is 25.3 Å². The zero-order valence-corrected chi connectivity index (χ0v) is 16.0. The molecule has 0 saturated carbocycles. The summed E-state index contributed by atoms with van der Waals surface area (Å²) >= 11 is 0. The number of hydrogen-bond donors (Lipinski definition) is 1.